The van der Waals surface area contributed by atoms with E-state index in [1.165, 1.54) is 43.2 Å². The van der Waals surface area contributed by atoms with E-state index in [9.17, 15) is 0 Å². The highest BCUT2D eigenvalue weighted by Gasteiger charge is 2.17. The summed E-state index contributed by atoms with van der Waals surface area (Å²) in [5.41, 5.74) is 2.43. The van der Waals surface area contributed by atoms with Crippen LogP contribution >= 0.6 is 0 Å². The number of ether oxygens (including phenoxy) is 2. The fourth-order valence-electron chi connectivity index (χ4n) is 3.16. The van der Waals surface area contributed by atoms with Crippen molar-refractivity contribution in [2.45, 2.75) is 45.1 Å². The maximum Gasteiger partial charge on any atom is 0.123 e. The van der Waals surface area contributed by atoms with Crippen LogP contribution in [-0.2, 0) is 4.74 Å². The molecule has 1 unspecified atom stereocenters. The summed E-state index contributed by atoms with van der Waals surface area (Å²) in [4.78, 5) is 0. The van der Waals surface area contributed by atoms with Gasteiger partial charge in [0.1, 0.15) is 5.75 Å². The minimum Gasteiger partial charge on any atom is -0.496 e. The monoisotopic (exact) mass is 291 g/mol. The highest BCUT2D eigenvalue weighted by atomic mass is 16.5. The minimum atomic E-state index is 0.184. The second kappa shape index (κ2) is 8.40. The van der Waals surface area contributed by atoms with Crippen LogP contribution in [0.25, 0.3) is 0 Å². The number of aryl methyl sites for hydroxylation is 1. The van der Waals surface area contributed by atoms with Gasteiger partial charge < -0.3 is 14.8 Å². The fraction of sp³-hybridized carbons (Fsp3) is 0.667. The van der Waals surface area contributed by atoms with E-state index in [2.05, 4.69) is 24.4 Å². The molecule has 0 saturated heterocycles. The molecule has 3 nitrogen and oxygen atoms in total. The normalized spacial score (nSPS) is 17.7. The van der Waals surface area contributed by atoms with Gasteiger partial charge in [-0.15, -0.1) is 0 Å². The lowest BCUT2D eigenvalue weighted by Crippen LogP contribution is -2.24. The molecule has 0 heterocycles. The Morgan fingerprint density at radius 2 is 2.00 bits per heavy atom. The fourth-order valence-corrected chi connectivity index (χ4v) is 3.16. The van der Waals surface area contributed by atoms with Gasteiger partial charge in [0, 0.05) is 12.2 Å². The van der Waals surface area contributed by atoms with Crippen molar-refractivity contribution in [1.82, 2.24) is 5.32 Å². The summed E-state index contributed by atoms with van der Waals surface area (Å²) in [6, 6.07) is 6.49. The molecule has 2 rings (SSSR count). The molecule has 21 heavy (non-hydrogen) atoms. The number of rotatable bonds is 7. The molecule has 1 aromatic rings. The third kappa shape index (κ3) is 4.72. The molecule has 0 spiro atoms. The lowest BCUT2D eigenvalue weighted by Gasteiger charge is -2.24. The first-order valence-corrected chi connectivity index (χ1v) is 8.14. The van der Waals surface area contributed by atoms with E-state index in [0.29, 0.717) is 6.61 Å². The van der Waals surface area contributed by atoms with Crippen molar-refractivity contribution in [1.29, 1.82) is 0 Å². The molecule has 1 atom stereocenters. The van der Waals surface area contributed by atoms with Gasteiger partial charge in [-0.2, -0.15) is 0 Å². The van der Waals surface area contributed by atoms with Crippen LogP contribution in [0, 0.1) is 12.8 Å². The van der Waals surface area contributed by atoms with Gasteiger partial charge in [0.05, 0.1) is 19.8 Å². The first-order chi connectivity index (χ1) is 10.2. The molecule has 1 aliphatic rings. The first-order valence-electron chi connectivity index (χ1n) is 8.14. The quantitative estimate of drug-likeness (QED) is 0.827. The zero-order chi connectivity index (χ0) is 15.1. The van der Waals surface area contributed by atoms with E-state index in [4.69, 9.17) is 9.47 Å². The molecule has 1 aromatic carbocycles. The van der Waals surface area contributed by atoms with Crippen LogP contribution in [0.4, 0.5) is 0 Å². The Labute approximate surface area is 129 Å². The standard InChI is InChI=1S/C18H29NO2/c1-14-9-10-18(20-3)16(11-14)17(19-2)13-21-12-15-7-5-4-6-8-15/h9-11,15,17,19H,4-8,12-13H2,1-3H3. The molecule has 1 N–H and O–H groups in total. The second-order valence-electron chi connectivity index (χ2n) is 6.13. The topological polar surface area (TPSA) is 30.5 Å². The highest BCUT2D eigenvalue weighted by molar-refractivity contribution is 5.39. The van der Waals surface area contributed by atoms with Crippen molar-refractivity contribution in [3.05, 3.63) is 29.3 Å². The summed E-state index contributed by atoms with van der Waals surface area (Å²) >= 11 is 0. The van der Waals surface area contributed by atoms with Crippen LogP contribution in [0.2, 0.25) is 0 Å². The molecule has 0 radical (unpaired) electrons. The van der Waals surface area contributed by atoms with Crippen LogP contribution in [0.3, 0.4) is 0 Å². The van der Waals surface area contributed by atoms with E-state index in [1.54, 1.807) is 7.11 Å². The average molecular weight is 291 g/mol. The van der Waals surface area contributed by atoms with Crippen LogP contribution in [0.15, 0.2) is 18.2 Å². The maximum atomic E-state index is 6.00. The summed E-state index contributed by atoms with van der Waals surface area (Å²) in [5, 5.41) is 3.35. The van der Waals surface area contributed by atoms with E-state index >= 15 is 0 Å². The van der Waals surface area contributed by atoms with Crippen LogP contribution in [0.5, 0.6) is 5.75 Å². The van der Waals surface area contributed by atoms with Gasteiger partial charge in [-0.25, -0.2) is 0 Å². The number of benzene rings is 1. The molecular weight excluding hydrogens is 262 g/mol. The second-order valence-corrected chi connectivity index (χ2v) is 6.13. The minimum absolute atomic E-state index is 0.184. The predicted octanol–water partition coefficient (Wildman–Crippen LogP) is 3.86. The summed E-state index contributed by atoms with van der Waals surface area (Å²) in [6.07, 6.45) is 6.80. The summed E-state index contributed by atoms with van der Waals surface area (Å²) in [7, 11) is 3.71. The SMILES string of the molecule is CNC(COCC1CCCCC1)c1cc(C)ccc1OC. The van der Waals surface area contributed by atoms with Gasteiger partial charge >= 0.3 is 0 Å². The zero-order valence-electron chi connectivity index (χ0n) is 13.7. The summed E-state index contributed by atoms with van der Waals surface area (Å²) in [6.45, 7) is 3.71. The van der Waals surface area contributed by atoms with Gasteiger partial charge in [0.15, 0.2) is 0 Å². The van der Waals surface area contributed by atoms with Gasteiger partial charge in [-0.1, -0.05) is 37.0 Å². The van der Waals surface area contributed by atoms with E-state index in [0.717, 1.165) is 18.3 Å². The van der Waals surface area contributed by atoms with Crippen LogP contribution < -0.4 is 10.1 Å². The molecule has 1 fully saturated rings. The van der Waals surface area contributed by atoms with E-state index in [1.807, 2.05) is 13.1 Å². The summed E-state index contributed by atoms with van der Waals surface area (Å²) in [5.74, 6) is 1.69. The van der Waals surface area contributed by atoms with Crippen molar-refractivity contribution >= 4 is 0 Å². The number of nitrogens with one attached hydrogen (secondary N) is 1. The molecule has 3 heteroatoms. The lowest BCUT2D eigenvalue weighted by atomic mass is 9.90. The number of hydrogen-bond donors (Lipinski definition) is 1. The largest absolute Gasteiger partial charge is 0.496 e. The first kappa shape index (κ1) is 16.3. The van der Waals surface area contributed by atoms with Crippen molar-refractivity contribution in [2.24, 2.45) is 5.92 Å². The zero-order valence-corrected chi connectivity index (χ0v) is 13.7. The van der Waals surface area contributed by atoms with Crippen molar-refractivity contribution in [3.8, 4) is 5.75 Å². The number of methoxy groups -OCH3 is 1. The Morgan fingerprint density at radius 3 is 2.67 bits per heavy atom. The molecule has 1 saturated carbocycles. The van der Waals surface area contributed by atoms with Gasteiger partial charge in [0.2, 0.25) is 0 Å². The Kier molecular flexibility index (Phi) is 6.52. The van der Waals surface area contributed by atoms with Crippen molar-refractivity contribution in [3.63, 3.8) is 0 Å². The average Bonchev–Trinajstić information content (AvgIpc) is 2.52. The summed E-state index contributed by atoms with van der Waals surface area (Å²) < 4.78 is 11.5. The van der Waals surface area contributed by atoms with Gasteiger partial charge in [0.25, 0.3) is 0 Å². The van der Waals surface area contributed by atoms with E-state index in [-0.39, 0.29) is 6.04 Å². The van der Waals surface area contributed by atoms with Crippen molar-refractivity contribution in [2.75, 3.05) is 27.4 Å². The van der Waals surface area contributed by atoms with Crippen LogP contribution in [-0.4, -0.2) is 27.4 Å². The van der Waals surface area contributed by atoms with Gasteiger partial charge in [-0.05, 0) is 38.8 Å². The Balaban J connectivity index is 1.91. The highest BCUT2D eigenvalue weighted by Crippen LogP contribution is 2.27. The third-order valence-corrected chi connectivity index (χ3v) is 4.47. The molecule has 0 aromatic heterocycles. The molecular formula is C18H29NO2. The van der Waals surface area contributed by atoms with E-state index < -0.39 is 0 Å². The molecule has 118 valence electrons. The molecule has 0 amide bonds. The predicted molar refractivity (Wildman–Crippen MR) is 86.9 cm³/mol. The number of hydrogen-bond acceptors (Lipinski definition) is 3. The third-order valence-electron chi connectivity index (χ3n) is 4.47. The number of likely N-dealkylation sites (N-methyl/N-ethyl adjacent to an activating group) is 1. The lowest BCUT2D eigenvalue weighted by molar-refractivity contribution is 0.0703. The van der Waals surface area contributed by atoms with Crippen LogP contribution in [0.1, 0.15) is 49.3 Å². The van der Waals surface area contributed by atoms with Gasteiger partial charge in [-0.3, -0.25) is 0 Å². The smallest absolute Gasteiger partial charge is 0.123 e. The Hall–Kier alpha value is -1.06. The molecule has 0 aliphatic heterocycles. The maximum absolute atomic E-state index is 6.00. The Bertz CT molecular complexity index is 427. The van der Waals surface area contributed by atoms with Crippen molar-refractivity contribution < 1.29 is 9.47 Å². The Morgan fingerprint density at radius 1 is 1.24 bits per heavy atom. The molecule has 0 bridgehead atoms. The molecule has 1 aliphatic carbocycles.